The second-order valence-electron chi connectivity index (χ2n) is 4.93. The zero-order valence-corrected chi connectivity index (χ0v) is 13.5. The normalized spacial score (nSPS) is 10.3. The lowest BCUT2D eigenvalue weighted by atomic mass is 10.2. The Bertz CT molecular complexity index is 834. The number of ether oxygens (including phenoxy) is 2. The van der Waals surface area contributed by atoms with E-state index in [9.17, 15) is 0 Å². The van der Waals surface area contributed by atoms with Crippen LogP contribution in [0.3, 0.4) is 0 Å². The first kappa shape index (κ1) is 15.6. The van der Waals surface area contributed by atoms with Crippen molar-refractivity contribution in [1.29, 1.82) is 0 Å². The molecule has 0 amide bonds. The number of rotatable bonds is 6. The van der Waals surface area contributed by atoms with Crippen molar-refractivity contribution in [3.05, 3.63) is 42.4 Å². The summed E-state index contributed by atoms with van der Waals surface area (Å²) in [5.74, 6) is 3.86. The van der Waals surface area contributed by atoms with Gasteiger partial charge in [0.15, 0.2) is 5.82 Å². The molecule has 1 aromatic carbocycles. The van der Waals surface area contributed by atoms with Gasteiger partial charge >= 0.3 is 0 Å². The zero-order chi connectivity index (χ0) is 16.9. The Balaban J connectivity index is 1.82. The summed E-state index contributed by atoms with van der Waals surface area (Å²) in [4.78, 5) is 8.37. The van der Waals surface area contributed by atoms with E-state index in [1.807, 2.05) is 25.1 Å². The highest BCUT2D eigenvalue weighted by atomic mass is 16.5. The van der Waals surface area contributed by atoms with Crippen LogP contribution in [0.25, 0.3) is 0 Å². The van der Waals surface area contributed by atoms with Crippen molar-refractivity contribution in [2.24, 2.45) is 0 Å². The maximum absolute atomic E-state index is 5.35. The van der Waals surface area contributed by atoms with Crippen LogP contribution in [0.2, 0.25) is 0 Å². The van der Waals surface area contributed by atoms with Gasteiger partial charge in [-0.1, -0.05) is 5.16 Å². The number of anilines is 4. The molecule has 0 unspecified atom stereocenters. The van der Waals surface area contributed by atoms with Gasteiger partial charge in [0.25, 0.3) is 0 Å². The van der Waals surface area contributed by atoms with Gasteiger partial charge in [-0.3, -0.25) is 0 Å². The minimum Gasteiger partial charge on any atom is -0.497 e. The molecule has 0 aliphatic heterocycles. The first-order valence-corrected chi connectivity index (χ1v) is 7.19. The highest BCUT2D eigenvalue weighted by Gasteiger charge is 2.08. The minimum absolute atomic E-state index is 0.580. The maximum Gasteiger partial charge on any atom is 0.175 e. The monoisotopic (exact) mass is 327 g/mol. The van der Waals surface area contributed by atoms with Crippen molar-refractivity contribution >= 4 is 23.1 Å². The Morgan fingerprint density at radius 1 is 0.917 bits per heavy atom. The van der Waals surface area contributed by atoms with Gasteiger partial charge in [0.2, 0.25) is 0 Å². The number of hydrogen-bond acceptors (Lipinski definition) is 8. The summed E-state index contributed by atoms with van der Waals surface area (Å²) in [5.41, 5.74) is 0.735. The Morgan fingerprint density at radius 2 is 1.71 bits per heavy atom. The molecule has 24 heavy (non-hydrogen) atoms. The molecule has 0 radical (unpaired) electrons. The molecule has 0 spiro atoms. The summed E-state index contributed by atoms with van der Waals surface area (Å²) in [5, 5.41) is 10.1. The molecule has 0 aliphatic rings. The van der Waals surface area contributed by atoms with Crippen molar-refractivity contribution in [2.75, 3.05) is 24.9 Å². The second kappa shape index (κ2) is 6.86. The standard InChI is InChI=1S/C16H17N5O3/c1-10-6-16(21-24-10)20-15-8-14(17-9-18-15)19-12-7-11(22-2)4-5-13(12)23-3/h4-9H,1-3H3,(H2,17,18,19,20,21). The second-order valence-corrected chi connectivity index (χ2v) is 4.93. The van der Waals surface area contributed by atoms with Gasteiger partial charge in [-0.25, -0.2) is 9.97 Å². The van der Waals surface area contributed by atoms with E-state index >= 15 is 0 Å². The van der Waals surface area contributed by atoms with Crippen molar-refractivity contribution in [3.8, 4) is 11.5 Å². The van der Waals surface area contributed by atoms with Crippen LogP contribution in [0.15, 0.2) is 41.2 Å². The van der Waals surface area contributed by atoms with Crippen molar-refractivity contribution in [1.82, 2.24) is 15.1 Å². The van der Waals surface area contributed by atoms with E-state index in [-0.39, 0.29) is 0 Å². The third-order valence-electron chi connectivity index (χ3n) is 3.22. The fourth-order valence-corrected chi connectivity index (χ4v) is 2.10. The van der Waals surface area contributed by atoms with E-state index in [0.29, 0.717) is 34.7 Å². The lowest BCUT2D eigenvalue weighted by Gasteiger charge is -2.12. The van der Waals surface area contributed by atoms with Crippen LogP contribution < -0.4 is 20.1 Å². The molecule has 8 nitrogen and oxygen atoms in total. The van der Waals surface area contributed by atoms with E-state index < -0.39 is 0 Å². The average Bonchev–Trinajstić information content (AvgIpc) is 3.00. The molecule has 124 valence electrons. The largest absolute Gasteiger partial charge is 0.497 e. The van der Waals surface area contributed by atoms with Crippen LogP contribution in [-0.2, 0) is 0 Å². The number of nitrogens with zero attached hydrogens (tertiary/aromatic N) is 3. The van der Waals surface area contributed by atoms with Crippen molar-refractivity contribution in [2.45, 2.75) is 6.92 Å². The van der Waals surface area contributed by atoms with Crippen LogP contribution in [0.1, 0.15) is 5.76 Å². The summed E-state index contributed by atoms with van der Waals surface area (Å²) in [7, 11) is 3.21. The third kappa shape index (κ3) is 3.54. The molecule has 0 saturated heterocycles. The van der Waals surface area contributed by atoms with Crippen molar-refractivity contribution < 1.29 is 14.0 Å². The zero-order valence-electron chi connectivity index (χ0n) is 13.5. The van der Waals surface area contributed by atoms with E-state index in [1.54, 1.807) is 26.4 Å². The first-order chi connectivity index (χ1) is 11.7. The van der Waals surface area contributed by atoms with Gasteiger partial charge in [0.05, 0.1) is 19.9 Å². The van der Waals surface area contributed by atoms with Crippen LogP contribution >= 0.6 is 0 Å². The van der Waals surface area contributed by atoms with Gasteiger partial charge in [-0.15, -0.1) is 0 Å². The number of hydrogen-bond donors (Lipinski definition) is 2. The number of nitrogens with one attached hydrogen (secondary N) is 2. The number of aryl methyl sites for hydroxylation is 1. The van der Waals surface area contributed by atoms with Gasteiger partial charge in [-0.05, 0) is 19.1 Å². The fraction of sp³-hybridized carbons (Fsp3) is 0.188. The Labute approximate surface area is 138 Å². The van der Waals surface area contributed by atoms with E-state index in [2.05, 4.69) is 25.8 Å². The molecule has 2 heterocycles. The quantitative estimate of drug-likeness (QED) is 0.712. The van der Waals surface area contributed by atoms with Crippen LogP contribution in [0.5, 0.6) is 11.5 Å². The number of methoxy groups -OCH3 is 2. The molecule has 2 aromatic heterocycles. The molecule has 0 atom stereocenters. The fourth-order valence-electron chi connectivity index (χ4n) is 2.10. The van der Waals surface area contributed by atoms with E-state index in [0.717, 1.165) is 5.69 Å². The molecule has 0 aliphatic carbocycles. The highest BCUT2D eigenvalue weighted by molar-refractivity contribution is 5.68. The summed E-state index contributed by atoms with van der Waals surface area (Å²) in [6.07, 6.45) is 1.45. The van der Waals surface area contributed by atoms with E-state index in [4.69, 9.17) is 14.0 Å². The average molecular weight is 327 g/mol. The lowest BCUT2D eigenvalue weighted by molar-refractivity contribution is 0.400. The van der Waals surface area contributed by atoms with Crippen LogP contribution in [-0.4, -0.2) is 29.3 Å². The maximum atomic E-state index is 5.35. The summed E-state index contributed by atoms with van der Waals surface area (Å²) < 4.78 is 15.6. The Morgan fingerprint density at radius 3 is 2.38 bits per heavy atom. The topological polar surface area (TPSA) is 94.3 Å². The molecular weight excluding hydrogens is 310 g/mol. The van der Waals surface area contributed by atoms with Gasteiger partial charge in [0, 0.05) is 18.2 Å². The molecular formula is C16H17N5O3. The van der Waals surface area contributed by atoms with Gasteiger partial charge < -0.3 is 24.6 Å². The predicted molar refractivity (Wildman–Crippen MR) is 89.4 cm³/mol. The lowest BCUT2D eigenvalue weighted by Crippen LogP contribution is -2.00. The van der Waals surface area contributed by atoms with Crippen LogP contribution in [0.4, 0.5) is 23.1 Å². The highest BCUT2D eigenvalue weighted by Crippen LogP contribution is 2.31. The minimum atomic E-state index is 0.580. The molecule has 0 bridgehead atoms. The molecule has 3 aromatic rings. The number of aromatic nitrogens is 3. The molecule has 3 rings (SSSR count). The molecule has 0 fully saturated rings. The molecule has 0 saturated carbocycles. The predicted octanol–water partition coefficient (Wildman–Crippen LogP) is 3.28. The molecule has 2 N–H and O–H groups in total. The van der Waals surface area contributed by atoms with Crippen molar-refractivity contribution in [3.63, 3.8) is 0 Å². The number of benzene rings is 1. The SMILES string of the molecule is COc1ccc(OC)c(Nc2cc(Nc3cc(C)on3)ncn2)c1. The third-order valence-corrected chi connectivity index (χ3v) is 3.22. The molecule has 8 heteroatoms. The van der Waals surface area contributed by atoms with Gasteiger partial charge in [-0.2, -0.15) is 0 Å². The first-order valence-electron chi connectivity index (χ1n) is 7.19. The van der Waals surface area contributed by atoms with Gasteiger partial charge in [0.1, 0.15) is 35.2 Å². The Hall–Kier alpha value is -3.29. The van der Waals surface area contributed by atoms with E-state index in [1.165, 1.54) is 6.33 Å². The smallest absolute Gasteiger partial charge is 0.175 e. The van der Waals surface area contributed by atoms with Crippen LogP contribution in [0, 0.1) is 6.92 Å². The Kier molecular flexibility index (Phi) is 4.46. The summed E-state index contributed by atoms with van der Waals surface area (Å²) in [6.45, 7) is 1.82. The summed E-state index contributed by atoms with van der Waals surface area (Å²) >= 11 is 0. The summed E-state index contributed by atoms with van der Waals surface area (Å²) in [6, 6.07) is 9.00.